The van der Waals surface area contributed by atoms with Gasteiger partial charge in [0.2, 0.25) is 0 Å². The Morgan fingerprint density at radius 2 is 2.40 bits per heavy atom. The van der Waals surface area contributed by atoms with Crippen molar-refractivity contribution in [3.63, 3.8) is 0 Å². The summed E-state index contributed by atoms with van der Waals surface area (Å²) >= 11 is 0. The second-order valence-electron chi connectivity index (χ2n) is 3.81. The van der Waals surface area contributed by atoms with E-state index in [9.17, 15) is 4.79 Å². The van der Waals surface area contributed by atoms with Crippen molar-refractivity contribution in [2.45, 2.75) is 26.4 Å². The van der Waals surface area contributed by atoms with Crippen LogP contribution in [0.4, 0.5) is 0 Å². The molecule has 82 valence electrons. The topological polar surface area (TPSA) is 58.4 Å². The maximum Gasteiger partial charge on any atom is 0.317 e. The van der Waals surface area contributed by atoms with E-state index in [0.717, 1.165) is 30.9 Å². The molecule has 0 spiro atoms. The van der Waals surface area contributed by atoms with Crippen LogP contribution in [0.2, 0.25) is 0 Å². The summed E-state index contributed by atoms with van der Waals surface area (Å²) in [6, 6.07) is 2.06. The summed E-state index contributed by atoms with van der Waals surface area (Å²) in [4.78, 5) is 12.5. The van der Waals surface area contributed by atoms with Gasteiger partial charge in [0, 0.05) is 13.1 Å². The Bertz CT molecular complexity index is 373. The quantitative estimate of drug-likeness (QED) is 0.780. The number of fused-ring (bicyclic) bond motifs is 1. The average molecular weight is 209 g/mol. The van der Waals surface area contributed by atoms with Gasteiger partial charge in [0.15, 0.2) is 0 Å². The zero-order chi connectivity index (χ0) is 10.8. The molecule has 0 amide bonds. The van der Waals surface area contributed by atoms with Crippen LogP contribution in [0.25, 0.3) is 0 Å². The van der Waals surface area contributed by atoms with Gasteiger partial charge in [-0.2, -0.15) is 5.10 Å². The predicted molar refractivity (Wildman–Crippen MR) is 54.5 cm³/mol. The van der Waals surface area contributed by atoms with E-state index in [2.05, 4.69) is 18.1 Å². The van der Waals surface area contributed by atoms with Gasteiger partial charge in [-0.1, -0.05) is 6.92 Å². The lowest BCUT2D eigenvalue weighted by atomic mass is 10.2. The highest BCUT2D eigenvalue weighted by Crippen LogP contribution is 2.13. The van der Waals surface area contributed by atoms with Gasteiger partial charge < -0.3 is 5.11 Å². The number of carbonyl (C=O) groups is 1. The monoisotopic (exact) mass is 209 g/mol. The summed E-state index contributed by atoms with van der Waals surface area (Å²) in [7, 11) is 0. The number of carboxylic acids is 1. The molecule has 0 saturated heterocycles. The van der Waals surface area contributed by atoms with Crippen molar-refractivity contribution in [3.05, 3.63) is 17.5 Å². The average Bonchev–Trinajstić information content (AvgIpc) is 2.58. The van der Waals surface area contributed by atoms with Gasteiger partial charge in [0.25, 0.3) is 0 Å². The van der Waals surface area contributed by atoms with Crippen molar-refractivity contribution in [2.24, 2.45) is 0 Å². The summed E-state index contributed by atoms with van der Waals surface area (Å²) in [5.41, 5.74) is 2.21. The molecule has 1 aliphatic heterocycles. The van der Waals surface area contributed by atoms with E-state index in [1.54, 1.807) is 0 Å². The lowest BCUT2D eigenvalue weighted by Crippen LogP contribution is -2.37. The number of rotatable bonds is 3. The third-order valence-electron chi connectivity index (χ3n) is 2.65. The minimum absolute atomic E-state index is 0.118. The van der Waals surface area contributed by atoms with Gasteiger partial charge in [0.1, 0.15) is 0 Å². The van der Waals surface area contributed by atoms with Crippen LogP contribution in [0.15, 0.2) is 6.07 Å². The van der Waals surface area contributed by atoms with Gasteiger partial charge in [0.05, 0.1) is 24.5 Å². The summed E-state index contributed by atoms with van der Waals surface area (Å²) < 4.78 is 1.98. The van der Waals surface area contributed by atoms with Crippen LogP contribution in [-0.2, 0) is 24.3 Å². The van der Waals surface area contributed by atoms with Crippen LogP contribution >= 0.6 is 0 Å². The van der Waals surface area contributed by atoms with Crippen molar-refractivity contribution in [1.29, 1.82) is 0 Å². The third kappa shape index (κ3) is 2.18. The second kappa shape index (κ2) is 4.02. The Labute approximate surface area is 88.3 Å². The van der Waals surface area contributed by atoms with E-state index < -0.39 is 5.97 Å². The molecule has 1 aromatic heterocycles. The van der Waals surface area contributed by atoms with Gasteiger partial charge in [-0.3, -0.25) is 14.4 Å². The molecular formula is C10H15N3O2. The molecule has 0 radical (unpaired) electrons. The summed E-state index contributed by atoms with van der Waals surface area (Å²) in [6.45, 7) is 4.45. The first-order valence-electron chi connectivity index (χ1n) is 5.18. The highest BCUT2D eigenvalue weighted by molar-refractivity contribution is 5.69. The first-order valence-corrected chi connectivity index (χ1v) is 5.18. The fraction of sp³-hybridized carbons (Fsp3) is 0.600. The lowest BCUT2D eigenvalue weighted by Gasteiger charge is -2.25. The molecular weight excluding hydrogens is 194 g/mol. The van der Waals surface area contributed by atoms with E-state index in [4.69, 9.17) is 5.11 Å². The van der Waals surface area contributed by atoms with Crippen molar-refractivity contribution < 1.29 is 9.90 Å². The normalized spacial score (nSPS) is 16.3. The lowest BCUT2D eigenvalue weighted by molar-refractivity contribution is -0.138. The largest absolute Gasteiger partial charge is 0.480 e. The Hall–Kier alpha value is -1.36. The summed E-state index contributed by atoms with van der Waals surface area (Å²) in [5, 5.41) is 13.1. The van der Waals surface area contributed by atoms with E-state index >= 15 is 0 Å². The highest BCUT2D eigenvalue weighted by atomic mass is 16.4. The minimum atomic E-state index is -0.765. The third-order valence-corrected chi connectivity index (χ3v) is 2.65. The minimum Gasteiger partial charge on any atom is -0.480 e. The van der Waals surface area contributed by atoms with Crippen LogP contribution in [0.1, 0.15) is 18.3 Å². The number of nitrogens with zero attached hydrogens (tertiary/aromatic N) is 3. The van der Waals surface area contributed by atoms with Gasteiger partial charge in [-0.25, -0.2) is 0 Å². The first kappa shape index (κ1) is 10.2. The first-order chi connectivity index (χ1) is 7.19. The van der Waals surface area contributed by atoms with Crippen molar-refractivity contribution in [3.8, 4) is 0 Å². The second-order valence-corrected chi connectivity index (χ2v) is 3.81. The van der Waals surface area contributed by atoms with E-state index in [0.29, 0.717) is 6.54 Å². The fourth-order valence-electron chi connectivity index (χ4n) is 1.88. The van der Waals surface area contributed by atoms with Crippen molar-refractivity contribution >= 4 is 5.97 Å². The van der Waals surface area contributed by atoms with Gasteiger partial charge >= 0.3 is 5.97 Å². The number of aromatic nitrogens is 2. The van der Waals surface area contributed by atoms with Crippen LogP contribution in [0.3, 0.4) is 0 Å². The standard InChI is InChI=1S/C10H15N3O2/c1-2-8-5-9-6-12(7-10(14)15)3-4-13(9)11-8/h5H,2-4,6-7H2,1H3,(H,14,15). The molecule has 0 aromatic carbocycles. The Balaban J connectivity index is 2.08. The Morgan fingerprint density at radius 3 is 3.07 bits per heavy atom. The zero-order valence-corrected chi connectivity index (χ0v) is 8.81. The summed E-state index contributed by atoms with van der Waals surface area (Å²) in [6.07, 6.45) is 0.929. The van der Waals surface area contributed by atoms with E-state index in [1.807, 2.05) is 9.58 Å². The van der Waals surface area contributed by atoms with E-state index in [1.165, 1.54) is 0 Å². The fourth-order valence-corrected chi connectivity index (χ4v) is 1.88. The molecule has 0 atom stereocenters. The maximum atomic E-state index is 10.6. The van der Waals surface area contributed by atoms with E-state index in [-0.39, 0.29) is 6.54 Å². The molecule has 5 heteroatoms. The zero-order valence-electron chi connectivity index (χ0n) is 8.81. The molecule has 1 aromatic rings. The Morgan fingerprint density at radius 1 is 1.60 bits per heavy atom. The number of carboxylic acid groups (broad SMARTS) is 1. The molecule has 1 N–H and O–H groups in total. The van der Waals surface area contributed by atoms with Crippen molar-refractivity contribution in [2.75, 3.05) is 13.1 Å². The molecule has 0 aliphatic carbocycles. The summed E-state index contributed by atoms with van der Waals surface area (Å²) in [5.74, 6) is -0.765. The molecule has 15 heavy (non-hydrogen) atoms. The molecule has 2 rings (SSSR count). The smallest absolute Gasteiger partial charge is 0.317 e. The number of hydrogen-bond acceptors (Lipinski definition) is 3. The molecule has 0 saturated carbocycles. The SMILES string of the molecule is CCc1cc2n(n1)CCN(CC(=O)O)C2. The molecule has 1 aliphatic rings. The highest BCUT2D eigenvalue weighted by Gasteiger charge is 2.19. The Kier molecular flexibility index (Phi) is 2.73. The number of aliphatic carboxylic acids is 1. The van der Waals surface area contributed by atoms with Crippen LogP contribution < -0.4 is 0 Å². The maximum absolute atomic E-state index is 10.6. The van der Waals surface area contributed by atoms with Gasteiger partial charge in [-0.05, 0) is 12.5 Å². The molecule has 0 fully saturated rings. The van der Waals surface area contributed by atoms with Crippen LogP contribution in [0.5, 0.6) is 0 Å². The molecule has 0 bridgehead atoms. The predicted octanol–water partition coefficient (Wildman–Crippen LogP) is 0.346. The number of aryl methyl sites for hydroxylation is 1. The van der Waals surface area contributed by atoms with Crippen molar-refractivity contribution in [1.82, 2.24) is 14.7 Å². The van der Waals surface area contributed by atoms with Gasteiger partial charge in [-0.15, -0.1) is 0 Å². The molecule has 2 heterocycles. The molecule has 0 unspecified atom stereocenters. The van der Waals surface area contributed by atoms with Crippen LogP contribution in [0, 0.1) is 0 Å². The van der Waals surface area contributed by atoms with Crippen LogP contribution in [-0.4, -0.2) is 38.8 Å². The molecule has 5 nitrogen and oxygen atoms in total. The number of hydrogen-bond donors (Lipinski definition) is 1.